The molecule has 0 aromatic carbocycles. The van der Waals surface area contributed by atoms with Crippen LogP contribution in [0.3, 0.4) is 0 Å². The average Bonchev–Trinajstić information content (AvgIpc) is 2.15. The third-order valence-electron chi connectivity index (χ3n) is 1.97. The van der Waals surface area contributed by atoms with E-state index in [4.69, 9.17) is 27.9 Å². The molecule has 1 rings (SSSR count). The van der Waals surface area contributed by atoms with Crippen molar-refractivity contribution in [2.45, 2.75) is 19.4 Å². The van der Waals surface area contributed by atoms with Crippen LogP contribution in [0.5, 0.6) is 0 Å². The van der Waals surface area contributed by atoms with Gasteiger partial charge in [0.2, 0.25) is 5.28 Å². The third-order valence-corrected chi connectivity index (χ3v) is 2.33. The molecule has 0 spiro atoms. The summed E-state index contributed by atoms with van der Waals surface area (Å²) in [5, 5.41) is 2.66. The zero-order valence-corrected chi connectivity index (χ0v) is 10.6. The first-order valence-electron chi connectivity index (χ1n) is 4.42. The SMILES string of the molecule is COC(C)(C)C(=O)Nc1cc(Cl)nc(Cl)n1. The monoisotopic (exact) mass is 263 g/mol. The van der Waals surface area contributed by atoms with Gasteiger partial charge in [0, 0.05) is 13.2 Å². The molecular formula is C9H11Cl2N3O2. The molecule has 0 saturated carbocycles. The lowest BCUT2D eigenvalue weighted by molar-refractivity contribution is -0.133. The van der Waals surface area contributed by atoms with E-state index in [1.165, 1.54) is 13.2 Å². The number of carbonyl (C=O) groups excluding carboxylic acids is 1. The van der Waals surface area contributed by atoms with Gasteiger partial charge in [0.15, 0.2) is 0 Å². The summed E-state index contributed by atoms with van der Waals surface area (Å²) in [5.74, 6) is -0.110. The largest absolute Gasteiger partial charge is 0.369 e. The lowest BCUT2D eigenvalue weighted by Gasteiger charge is -2.21. The van der Waals surface area contributed by atoms with Crippen LogP contribution in [0, 0.1) is 0 Å². The quantitative estimate of drug-likeness (QED) is 0.671. The Morgan fingerprint density at radius 2 is 2.06 bits per heavy atom. The first kappa shape index (κ1) is 13.2. The number of anilines is 1. The highest BCUT2D eigenvalue weighted by molar-refractivity contribution is 6.32. The normalized spacial score (nSPS) is 11.3. The molecule has 0 bridgehead atoms. The minimum Gasteiger partial charge on any atom is -0.369 e. The Hall–Kier alpha value is -0.910. The van der Waals surface area contributed by atoms with Crippen LogP contribution in [-0.4, -0.2) is 28.6 Å². The van der Waals surface area contributed by atoms with E-state index in [9.17, 15) is 4.79 Å². The number of amides is 1. The number of nitrogens with one attached hydrogen (secondary N) is 1. The van der Waals surface area contributed by atoms with Crippen LogP contribution in [0.4, 0.5) is 5.82 Å². The summed E-state index contributed by atoms with van der Waals surface area (Å²) >= 11 is 11.3. The molecule has 0 unspecified atom stereocenters. The van der Waals surface area contributed by atoms with Crippen molar-refractivity contribution in [1.29, 1.82) is 0 Å². The lowest BCUT2D eigenvalue weighted by atomic mass is 10.1. The predicted octanol–water partition coefficient (Wildman–Crippen LogP) is 2.15. The van der Waals surface area contributed by atoms with Gasteiger partial charge in [-0.1, -0.05) is 11.6 Å². The number of halogens is 2. The number of hydrogen-bond acceptors (Lipinski definition) is 4. The van der Waals surface area contributed by atoms with Gasteiger partial charge in [-0.25, -0.2) is 9.97 Å². The van der Waals surface area contributed by atoms with E-state index < -0.39 is 5.60 Å². The zero-order valence-electron chi connectivity index (χ0n) is 9.04. The van der Waals surface area contributed by atoms with Gasteiger partial charge in [0.05, 0.1) is 0 Å². The molecule has 0 radical (unpaired) electrons. The second kappa shape index (κ2) is 4.95. The van der Waals surface area contributed by atoms with Gasteiger partial charge >= 0.3 is 0 Å². The van der Waals surface area contributed by atoms with Crippen LogP contribution in [0.2, 0.25) is 10.4 Å². The molecule has 1 aromatic heterocycles. The van der Waals surface area contributed by atoms with E-state index in [-0.39, 0.29) is 22.2 Å². The number of nitrogens with zero attached hydrogens (tertiary/aromatic N) is 2. The van der Waals surface area contributed by atoms with E-state index in [1.807, 2.05) is 0 Å². The molecule has 1 amide bonds. The highest BCUT2D eigenvalue weighted by atomic mass is 35.5. The predicted molar refractivity (Wildman–Crippen MR) is 61.8 cm³/mol. The maximum absolute atomic E-state index is 11.7. The maximum atomic E-state index is 11.7. The van der Waals surface area contributed by atoms with Crippen LogP contribution in [0.1, 0.15) is 13.8 Å². The molecule has 88 valence electrons. The molecule has 16 heavy (non-hydrogen) atoms. The highest BCUT2D eigenvalue weighted by Gasteiger charge is 2.27. The van der Waals surface area contributed by atoms with Crippen LogP contribution < -0.4 is 5.32 Å². The summed E-state index contributed by atoms with van der Waals surface area (Å²) in [5.41, 5.74) is -0.954. The van der Waals surface area contributed by atoms with E-state index in [0.717, 1.165) is 0 Å². The molecular weight excluding hydrogens is 253 g/mol. The van der Waals surface area contributed by atoms with E-state index in [2.05, 4.69) is 15.3 Å². The van der Waals surface area contributed by atoms with Crippen molar-refractivity contribution in [3.8, 4) is 0 Å². The molecule has 7 heteroatoms. The standard InChI is InChI=1S/C9H11Cl2N3O2/c1-9(2,16-3)7(15)13-6-4-5(10)12-8(11)14-6/h4H,1-3H3,(H,12,13,14,15). The Balaban J connectivity index is 2.85. The van der Waals surface area contributed by atoms with Crippen LogP contribution >= 0.6 is 23.2 Å². The van der Waals surface area contributed by atoms with E-state index >= 15 is 0 Å². The van der Waals surface area contributed by atoms with Crippen LogP contribution in [-0.2, 0) is 9.53 Å². The summed E-state index contributed by atoms with van der Waals surface area (Å²) in [6, 6.07) is 1.40. The Kier molecular flexibility index (Phi) is 4.07. The van der Waals surface area contributed by atoms with Gasteiger partial charge in [0.1, 0.15) is 16.6 Å². The number of methoxy groups -OCH3 is 1. The summed E-state index contributed by atoms with van der Waals surface area (Å²) in [6.45, 7) is 3.26. The Bertz CT molecular complexity index is 389. The lowest BCUT2D eigenvalue weighted by Crippen LogP contribution is -2.39. The highest BCUT2D eigenvalue weighted by Crippen LogP contribution is 2.16. The van der Waals surface area contributed by atoms with Crippen molar-refractivity contribution in [1.82, 2.24) is 9.97 Å². The third kappa shape index (κ3) is 3.30. The molecule has 0 aliphatic carbocycles. The molecule has 0 saturated heterocycles. The Morgan fingerprint density at radius 3 is 2.56 bits per heavy atom. The van der Waals surface area contributed by atoms with Crippen molar-refractivity contribution in [3.63, 3.8) is 0 Å². The summed E-state index contributed by atoms with van der Waals surface area (Å²) in [7, 11) is 1.44. The molecule has 0 fully saturated rings. The van der Waals surface area contributed by atoms with Gasteiger partial charge in [-0.05, 0) is 25.4 Å². The van der Waals surface area contributed by atoms with Gasteiger partial charge in [-0.3, -0.25) is 4.79 Å². The van der Waals surface area contributed by atoms with Gasteiger partial charge in [-0.15, -0.1) is 0 Å². The van der Waals surface area contributed by atoms with Crippen molar-refractivity contribution >= 4 is 34.9 Å². The van der Waals surface area contributed by atoms with Gasteiger partial charge < -0.3 is 10.1 Å². The van der Waals surface area contributed by atoms with E-state index in [1.54, 1.807) is 13.8 Å². The molecule has 0 aliphatic heterocycles. The number of carbonyl (C=O) groups is 1. The van der Waals surface area contributed by atoms with Crippen molar-refractivity contribution < 1.29 is 9.53 Å². The average molecular weight is 264 g/mol. The molecule has 5 nitrogen and oxygen atoms in total. The van der Waals surface area contributed by atoms with Crippen LogP contribution in [0.25, 0.3) is 0 Å². The molecule has 1 heterocycles. The van der Waals surface area contributed by atoms with Gasteiger partial charge in [0.25, 0.3) is 5.91 Å². The van der Waals surface area contributed by atoms with Gasteiger partial charge in [-0.2, -0.15) is 0 Å². The molecule has 0 atom stereocenters. The second-order valence-electron chi connectivity index (χ2n) is 3.51. The zero-order chi connectivity index (χ0) is 12.3. The van der Waals surface area contributed by atoms with E-state index in [0.29, 0.717) is 0 Å². The fourth-order valence-corrected chi connectivity index (χ4v) is 1.22. The smallest absolute Gasteiger partial charge is 0.257 e. The summed E-state index contributed by atoms with van der Waals surface area (Å²) in [4.78, 5) is 19.2. The Labute approximate surface area is 103 Å². The fraction of sp³-hybridized carbons (Fsp3) is 0.444. The second-order valence-corrected chi connectivity index (χ2v) is 4.24. The first-order valence-corrected chi connectivity index (χ1v) is 5.17. The van der Waals surface area contributed by atoms with Crippen molar-refractivity contribution in [2.24, 2.45) is 0 Å². The maximum Gasteiger partial charge on any atom is 0.257 e. The topological polar surface area (TPSA) is 64.1 Å². The number of aromatic nitrogens is 2. The van der Waals surface area contributed by atoms with Crippen molar-refractivity contribution in [2.75, 3.05) is 12.4 Å². The molecule has 1 aromatic rings. The summed E-state index contributed by atoms with van der Waals surface area (Å²) < 4.78 is 5.01. The number of rotatable bonds is 3. The Morgan fingerprint density at radius 1 is 1.44 bits per heavy atom. The number of ether oxygens (including phenoxy) is 1. The minimum absolute atomic E-state index is 0.0296. The number of hydrogen-bond donors (Lipinski definition) is 1. The fourth-order valence-electron chi connectivity index (χ4n) is 0.813. The molecule has 0 aliphatic rings. The van der Waals surface area contributed by atoms with Crippen LogP contribution in [0.15, 0.2) is 6.07 Å². The first-order chi connectivity index (χ1) is 7.35. The van der Waals surface area contributed by atoms with Crippen molar-refractivity contribution in [3.05, 3.63) is 16.5 Å². The summed E-state index contributed by atoms with van der Waals surface area (Å²) in [6.07, 6.45) is 0. The minimum atomic E-state index is -0.954. The molecule has 1 N–H and O–H groups in total.